The average Bonchev–Trinajstić information content (AvgIpc) is 2.72. The molecule has 1 nitrogen and oxygen atoms in total. The van der Waals surface area contributed by atoms with Crippen LogP contribution in [0.1, 0.15) is 10.4 Å². The van der Waals surface area contributed by atoms with Crippen LogP contribution in [-0.2, 0) is 0 Å². The molecule has 0 amide bonds. The zero-order chi connectivity index (χ0) is 9.80. The standard InChI is InChI=1S/C11H8OS2/c12-10(8-11-13-6-7-14-11)9-4-2-1-3-5-9/h1-8H. The third kappa shape index (κ3) is 2.30. The molecule has 0 radical (unpaired) electrons. The van der Waals surface area contributed by atoms with Crippen LogP contribution in [0, 0.1) is 0 Å². The van der Waals surface area contributed by atoms with Crippen LogP contribution in [-0.4, -0.2) is 5.78 Å². The molecule has 14 heavy (non-hydrogen) atoms. The minimum Gasteiger partial charge on any atom is -0.289 e. The van der Waals surface area contributed by atoms with Gasteiger partial charge in [-0.15, -0.1) is 0 Å². The van der Waals surface area contributed by atoms with E-state index in [4.69, 9.17) is 0 Å². The summed E-state index contributed by atoms with van der Waals surface area (Å²) in [5, 5.41) is 3.96. The summed E-state index contributed by atoms with van der Waals surface area (Å²) in [6.07, 6.45) is 1.69. The van der Waals surface area contributed by atoms with Crippen LogP contribution in [0.15, 0.2) is 51.5 Å². The summed E-state index contributed by atoms with van der Waals surface area (Å²) < 4.78 is 1.04. The summed E-state index contributed by atoms with van der Waals surface area (Å²) >= 11 is 3.18. The smallest absolute Gasteiger partial charge is 0.187 e. The van der Waals surface area contributed by atoms with Crippen molar-refractivity contribution in [3.8, 4) is 0 Å². The van der Waals surface area contributed by atoms with Crippen LogP contribution in [0.3, 0.4) is 0 Å². The van der Waals surface area contributed by atoms with E-state index in [1.54, 1.807) is 29.6 Å². The molecule has 1 aromatic carbocycles. The summed E-state index contributed by atoms with van der Waals surface area (Å²) in [5.74, 6) is 0.0734. The highest BCUT2D eigenvalue weighted by molar-refractivity contribution is 8.27. The van der Waals surface area contributed by atoms with E-state index in [-0.39, 0.29) is 5.78 Å². The molecule has 0 unspecified atom stereocenters. The van der Waals surface area contributed by atoms with Crippen molar-refractivity contribution in [2.75, 3.05) is 0 Å². The Hall–Kier alpha value is -0.930. The summed E-state index contributed by atoms with van der Waals surface area (Å²) in [6.45, 7) is 0. The highest BCUT2D eigenvalue weighted by Crippen LogP contribution is 2.37. The monoisotopic (exact) mass is 220 g/mol. The van der Waals surface area contributed by atoms with Gasteiger partial charge in [-0.05, 0) is 10.8 Å². The van der Waals surface area contributed by atoms with Crippen molar-refractivity contribution in [3.05, 3.63) is 57.0 Å². The molecular weight excluding hydrogens is 212 g/mol. The average molecular weight is 220 g/mol. The number of rotatable bonds is 2. The number of carbonyl (C=O) groups is 1. The lowest BCUT2D eigenvalue weighted by Gasteiger charge is -1.95. The van der Waals surface area contributed by atoms with Gasteiger partial charge in [0.1, 0.15) is 0 Å². The SMILES string of the molecule is O=C(C=C1SC=CS1)c1ccccc1. The predicted octanol–water partition coefficient (Wildman–Crippen LogP) is 3.66. The van der Waals surface area contributed by atoms with Crippen molar-refractivity contribution in [2.45, 2.75) is 0 Å². The number of thioether (sulfide) groups is 2. The van der Waals surface area contributed by atoms with Crippen molar-refractivity contribution in [2.24, 2.45) is 0 Å². The number of benzene rings is 1. The molecule has 0 saturated carbocycles. The molecule has 1 heterocycles. The van der Waals surface area contributed by atoms with Gasteiger partial charge in [0.05, 0.1) is 4.24 Å². The van der Waals surface area contributed by atoms with Crippen molar-refractivity contribution in [1.29, 1.82) is 0 Å². The van der Waals surface area contributed by atoms with Gasteiger partial charge >= 0.3 is 0 Å². The van der Waals surface area contributed by atoms with Gasteiger partial charge < -0.3 is 0 Å². The van der Waals surface area contributed by atoms with Gasteiger partial charge in [-0.1, -0.05) is 53.9 Å². The largest absolute Gasteiger partial charge is 0.289 e. The molecule has 0 aromatic heterocycles. The maximum atomic E-state index is 11.7. The molecular formula is C11H8OS2. The summed E-state index contributed by atoms with van der Waals surface area (Å²) in [7, 11) is 0. The second kappa shape index (κ2) is 4.53. The fraction of sp³-hybridized carbons (Fsp3) is 0. The molecule has 0 spiro atoms. The van der Waals surface area contributed by atoms with Crippen LogP contribution < -0.4 is 0 Å². The van der Waals surface area contributed by atoms with Crippen LogP contribution in [0.4, 0.5) is 0 Å². The Balaban J connectivity index is 2.14. The number of hydrogen-bond donors (Lipinski definition) is 0. The minimum absolute atomic E-state index is 0.0734. The van der Waals surface area contributed by atoms with Gasteiger partial charge in [0.15, 0.2) is 5.78 Å². The lowest BCUT2D eigenvalue weighted by atomic mass is 10.1. The van der Waals surface area contributed by atoms with E-state index in [2.05, 4.69) is 0 Å². The van der Waals surface area contributed by atoms with Crippen LogP contribution >= 0.6 is 23.5 Å². The van der Waals surface area contributed by atoms with Gasteiger partial charge in [-0.25, -0.2) is 0 Å². The van der Waals surface area contributed by atoms with Gasteiger partial charge in [-0.2, -0.15) is 0 Å². The van der Waals surface area contributed by atoms with Crippen molar-refractivity contribution >= 4 is 29.3 Å². The van der Waals surface area contributed by atoms with Gasteiger partial charge in [0.25, 0.3) is 0 Å². The minimum atomic E-state index is 0.0734. The lowest BCUT2D eigenvalue weighted by Crippen LogP contribution is -1.93. The Bertz CT molecular complexity index is 383. The summed E-state index contributed by atoms with van der Waals surface area (Å²) in [6, 6.07) is 9.32. The maximum absolute atomic E-state index is 11.7. The summed E-state index contributed by atoms with van der Waals surface area (Å²) in [4.78, 5) is 11.7. The molecule has 0 aliphatic carbocycles. The normalized spacial score (nSPS) is 14.4. The quantitative estimate of drug-likeness (QED) is 0.559. The van der Waals surface area contributed by atoms with Gasteiger partial charge in [-0.3, -0.25) is 4.79 Å². The van der Waals surface area contributed by atoms with E-state index in [1.807, 2.05) is 41.1 Å². The Morgan fingerprint density at radius 1 is 1.07 bits per heavy atom. The van der Waals surface area contributed by atoms with Crippen molar-refractivity contribution < 1.29 is 4.79 Å². The fourth-order valence-corrected chi connectivity index (χ4v) is 2.70. The molecule has 1 aliphatic heterocycles. The Labute approximate surface area is 91.3 Å². The first-order chi connectivity index (χ1) is 6.86. The van der Waals surface area contributed by atoms with E-state index in [9.17, 15) is 4.79 Å². The second-order valence-electron chi connectivity index (χ2n) is 2.70. The third-order valence-electron chi connectivity index (χ3n) is 1.73. The molecule has 0 atom stereocenters. The topological polar surface area (TPSA) is 17.1 Å². The first-order valence-corrected chi connectivity index (χ1v) is 5.91. The number of allylic oxidation sites excluding steroid dienone is 1. The van der Waals surface area contributed by atoms with E-state index in [0.717, 1.165) is 9.80 Å². The molecule has 1 aliphatic rings. The highest BCUT2D eigenvalue weighted by Gasteiger charge is 2.06. The molecule has 2 rings (SSSR count). The Kier molecular flexibility index (Phi) is 3.11. The molecule has 1 aromatic rings. The summed E-state index contributed by atoms with van der Waals surface area (Å²) in [5.41, 5.74) is 0.744. The van der Waals surface area contributed by atoms with Crippen LogP contribution in [0.2, 0.25) is 0 Å². The van der Waals surface area contributed by atoms with Gasteiger partial charge in [0, 0.05) is 11.6 Å². The van der Waals surface area contributed by atoms with Crippen molar-refractivity contribution in [1.82, 2.24) is 0 Å². The molecule has 0 N–H and O–H groups in total. The number of carbonyl (C=O) groups excluding carboxylic acids is 1. The molecule has 3 heteroatoms. The molecule has 0 bridgehead atoms. The van der Waals surface area contributed by atoms with Gasteiger partial charge in [0.2, 0.25) is 0 Å². The first kappa shape index (κ1) is 9.62. The zero-order valence-corrected chi connectivity index (χ0v) is 8.98. The fourth-order valence-electron chi connectivity index (χ4n) is 1.08. The van der Waals surface area contributed by atoms with E-state index >= 15 is 0 Å². The Morgan fingerprint density at radius 3 is 2.36 bits per heavy atom. The van der Waals surface area contributed by atoms with Crippen LogP contribution in [0.5, 0.6) is 0 Å². The lowest BCUT2D eigenvalue weighted by molar-refractivity contribution is 0.104. The van der Waals surface area contributed by atoms with Crippen LogP contribution in [0.25, 0.3) is 0 Å². The molecule has 70 valence electrons. The molecule has 0 fully saturated rings. The maximum Gasteiger partial charge on any atom is 0.187 e. The highest BCUT2D eigenvalue weighted by atomic mass is 32.2. The first-order valence-electron chi connectivity index (χ1n) is 4.16. The number of ketones is 1. The molecule has 0 saturated heterocycles. The zero-order valence-electron chi connectivity index (χ0n) is 7.34. The predicted molar refractivity (Wildman–Crippen MR) is 63.2 cm³/mol. The van der Waals surface area contributed by atoms with E-state index in [0.29, 0.717) is 0 Å². The van der Waals surface area contributed by atoms with E-state index in [1.165, 1.54) is 0 Å². The number of hydrogen-bond acceptors (Lipinski definition) is 3. The second-order valence-corrected chi connectivity index (χ2v) is 4.86. The third-order valence-corrected chi connectivity index (χ3v) is 3.73. The Morgan fingerprint density at radius 2 is 1.71 bits per heavy atom. The van der Waals surface area contributed by atoms with Crippen molar-refractivity contribution in [3.63, 3.8) is 0 Å². The van der Waals surface area contributed by atoms with E-state index < -0.39 is 0 Å².